The summed E-state index contributed by atoms with van der Waals surface area (Å²) in [5.74, 6) is 0.973. The fourth-order valence-corrected chi connectivity index (χ4v) is 2.87. The van der Waals surface area contributed by atoms with E-state index in [-0.39, 0.29) is 27.9 Å². The molecule has 0 aliphatic carbocycles. The summed E-state index contributed by atoms with van der Waals surface area (Å²) in [6.07, 6.45) is 2.24. The second kappa shape index (κ2) is 6.26. The maximum Gasteiger partial charge on any atom is 0.241 e. The first-order chi connectivity index (χ1) is 9.96. The second-order valence-electron chi connectivity index (χ2n) is 4.15. The SMILES string of the molecule is CCc1cnc(CNS(=O)(=O)c2ccc(C#N)c(Cl)c2)o1. The Bertz CT molecular complexity index is 793. The molecule has 0 amide bonds. The molecule has 1 aromatic carbocycles. The largest absolute Gasteiger partial charge is 0.444 e. The zero-order valence-corrected chi connectivity index (χ0v) is 12.7. The van der Waals surface area contributed by atoms with Crippen LogP contribution in [0.3, 0.4) is 0 Å². The molecule has 0 radical (unpaired) electrons. The first kappa shape index (κ1) is 15.5. The predicted octanol–water partition coefficient (Wildman–Crippen LogP) is 2.24. The summed E-state index contributed by atoms with van der Waals surface area (Å²) >= 11 is 5.83. The van der Waals surface area contributed by atoms with Gasteiger partial charge in [-0.25, -0.2) is 18.1 Å². The fraction of sp³-hybridized carbons (Fsp3) is 0.231. The van der Waals surface area contributed by atoms with Gasteiger partial charge in [-0.1, -0.05) is 18.5 Å². The van der Waals surface area contributed by atoms with Crippen molar-refractivity contribution in [2.75, 3.05) is 0 Å². The lowest BCUT2D eigenvalue weighted by atomic mass is 10.2. The van der Waals surface area contributed by atoms with Crippen molar-refractivity contribution in [2.24, 2.45) is 0 Å². The van der Waals surface area contributed by atoms with Gasteiger partial charge in [-0.2, -0.15) is 5.26 Å². The number of benzene rings is 1. The van der Waals surface area contributed by atoms with E-state index >= 15 is 0 Å². The molecule has 0 fully saturated rings. The number of aromatic nitrogens is 1. The van der Waals surface area contributed by atoms with Crippen LogP contribution >= 0.6 is 11.6 Å². The molecule has 0 atom stereocenters. The van der Waals surface area contributed by atoms with Gasteiger partial charge in [0.05, 0.1) is 28.2 Å². The van der Waals surface area contributed by atoms with E-state index in [4.69, 9.17) is 21.3 Å². The maximum atomic E-state index is 12.1. The molecule has 1 aromatic heterocycles. The monoisotopic (exact) mass is 325 g/mol. The highest BCUT2D eigenvalue weighted by atomic mass is 35.5. The number of rotatable bonds is 5. The van der Waals surface area contributed by atoms with Gasteiger partial charge < -0.3 is 4.42 Å². The summed E-state index contributed by atoms with van der Waals surface area (Å²) in [7, 11) is -3.75. The minimum Gasteiger partial charge on any atom is -0.444 e. The Balaban J connectivity index is 2.15. The molecular weight excluding hydrogens is 314 g/mol. The van der Waals surface area contributed by atoms with Crippen molar-refractivity contribution in [3.8, 4) is 6.07 Å². The Labute approximate surface area is 127 Å². The summed E-state index contributed by atoms with van der Waals surface area (Å²) in [6, 6.07) is 5.78. The lowest BCUT2D eigenvalue weighted by molar-refractivity contribution is 0.452. The van der Waals surface area contributed by atoms with Crippen molar-refractivity contribution >= 4 is 21.6 Å². The topological polar surface area (TPSA) is 96.0 Å². The van der Waals surface area contributed by atoms with Crippen LogP contribution in [-0.2, 0) is 23.0 Å². The van der Waals surface area contributed by atoms with Gasteiger partial charge in [0.1, 0.15) is 11.8 Å². The molecule has 8 heteroatoms. The number of sulfonamides is 1. The third kappa shape index (κ3) is 3.61. The first-order valence-corrected chi connectivity index (χ1v) is 7.95. The minimum absolute atomic E-state index is 0.0197. The highest BCUT2D eigenvalue weighted by Crippen LogP contribution is 2.20. The number of nitrogens with one attached hydrogen (secondary N) is 1. The Morgan fingerprint density at radius 1 is 1.48 bits per heavy atom. The van der Waals surface area contributed by atoms with Crippen molar-refractivity contribution < 1.29 is 12.8 Å². The molecule has 1 N–H and O–H groups in total. The molecular formula is C13H12ClN3O3S. The first-order valence-electron chi connectivity index (χ1n) is 6.09. The molecule has 0 bridgehead atoms. The zero-order chi connectivity index (χ0) is 15.5. The quantitative estimate of drug-likeness (QED) is 0.909. The highest BCUT2D eigenvalue weighted by Gasteiger charge is 2.16. The molecule has 6 nitrogen and oxygen atoms in total. The molecule has 2 aromatic rings. The number of hydrogen-bond acceptors (Lipinski definition) is 5. The number of hydrogen-bond donors (Lipinski definition) is 1. The van der Waals surface area contributed by atoms with Gasteiger partial charge in [0.15, 0.2) is 0 Å². The smallest absolute Gasteiger partial charge is 0.241 e. The van der Waals surface area contributed by atoms with Crippen LogP contribution in [-0.4, -0.2) is 13.4 Å². The molecule has 0 spiro atoms. The van der Waals surface area contributed by atoms with Gasteiger partial charge in [-0.15, -0.1) is 0 Å². The Morgan fingerprint density at radius 3 is 2.81 bits per heavy atom. The van der Waals surface area contributed by atoms with Gasteiger partial charge in [0.25, 0.3) is 0 Å². The number of nitrogens with zero attached hydrogens (tertiary/aromatic N) is 2. The van der Waals surface area contributed by atoms with Crippen molar-refractivity contribution in [1.29, 1.82) is 5.26 Å². The molecule has 2 rings (SSSR count). The van der Waals surface area contributed by atoms with Crippen LogP contribution in [0, 0.1) is 11.3 Å². The summed E-state index contributed by atoms with van der Waals surface area (Å²) in [5.41, 5.74) is 0.218. The maximum absolute atomic E-state index is 12.1. The molecule has 110 valence electrons. The zero-order valence-electron chi connectivity index (χ0n) is 11.1. The molecule has 0 saturated carbocycles. The predicted molar refractivity (Wildman–Crippen MR) is 76.1 cm³/mol. The molecule has 0 saturated heterocycles. The van der Waals surface area contributed by atoms with E-state index in [2.05, 4.69) is 9.71 Å². The highest BCUT2D eigenvalue weighted by molar-refractivity contribution is 7.89. The summed E-state index contributed by atoms with van der Waals surface area (Å²) in [6.45, 7) is 1.85. The van der Waals surface area contributed by atoms with E-state index in [1.165, 1.54) is 18.2 Å². The van der Waals surface area contributed by atoms with E-state index in [0.717, 1.165) is 0 Å². The van der Waals surface area contributed by atoms with Crippen molar-refractivity contribution in [1.82, 2.24) is 9.71 Å². The number of oxazole rings is 1. The van der Waals surface area contributed by atoms with Crippen LogP contribution < -0.4 is 4.72 Å². The molecule has 0 unspecified atom stereocenters. The van der Waals surface area contributed by atoms with Gasteiger partial charge in [0, 0.05) is 6.42 Å². The van der Waals surface area contributed by atoms with E-state index < -0.39 is 10.0 Å². The van der Waals surface area contributed by atoms with Gasteiger partial charge >= 0.3 is 0 Å². The average Bonchev–Trinajstić information content (AvgIpc) is 2.93. The van der Waals surface area contributed by atoms with Crippen molar-refractivity contribution in [3.05, 3.63) is 46.6 Å². The Hall–Kier alpha value is -1.88. The molecule has 0 aliphatic rings. The number of aryl methyl sites for hydroxylation is 1. The number of halogens is 1. The molecule has 0 aliphatic heterocycles. The summed E-state index contributed by atoms with van der Waals surface area (Å²) in [4.78, 5) is 3.95. The lowest BCUT2D eigenvalue weighted by Crippen LogP contribution is -2.23. The van der Waals surface area contributed by atoms with E-state index in [9.17, 15) is 8.42 Å². The third-order valence-corrected chi connectivity index (χ3v) is 4.45. The Morgan fingerprint density at radius 2 is 2.24 bits per heavy atom. The van der Waals surface area contributed by atoms with Crippen LogP contribution in [0.2, 0.25) is 5.02 Å². The minimum atomic E-state index is -3.75. The van der Waals surface area contributed by atoms with Crippen LogP contribution in [0.15, 0.2) is 33.7 Å². The fourth-order valence-electron chi connectivity index (χ4n) is 1.59. The van der Waals surface area contributed by atoms with Gasteiger partial charge in [0.2, 0.25) is 15.9 Å². The lowest BCUT2D eigenvalue weighted by Gasteiger charge is -2.06. The second-order valence-corrected chi connectivity index (χ2v) is 6.33. The van der Waals surface area contributed by atoms with Crippen molar-refractivity contribution in [2.45, 2.75) is 24.8 Å². The third-order valence-electron chi connectivity index (χ3n) is 2.73. The van der Waals surface area contributed by atoms with Crippen LogP contribution in [0.1, 0.15) is 24.1 Å². The van der Waals surface area contributed by atoms with Gasteiger partial charge in [-0.05, 0) is 18.2 Å². The average molecular weight is 326 g/mol. The Kier molecular flexibility index (Phi) is 4.63. The normalized spacial score (nSPS) is 11.3. The number of nitriles is 1. The van der Waals surface area contributed by atoms with E-state index in [1.54, 1.807) is 6.20 Å². The van der Waals surface area contributed by atoms with E-state index in [0.29, 0.717) is 12.2 Å². The molecule has 1 heterocycles. The van der Waals surface area contributed by atoms with Crippen molar-refractivity contribution in [3.63, 3.8) is 0 Å². The van der Waals surface area contributed by atoms with Crippen LogP contribution in [0.5, 0.6) is 0 Å². The molecule has 21 heavy (non-hydrogen) atoms. The standard InChI is InChI=1S/C13H12ClN3O3S/c1-2-10-7-16-13(20-10)8-17-21(18,19)11-4-3-9(6-15)12(14)5-11/h3-5,7,17H,2,8H2,1H3. The summed E-state index contributed by atoms with van der Waals surface area (Å²) < 4.78 is 31.9. The van der Waals surface area contributed by atoms with Crippen LogP contribution in [0.25, 0.3) is 0 Å². The van der Waals surface area contributed by atoms with Crippen LogP contribution in [0.4, 0.5) is 0 Å². The summed E-state index contributed by atoms with van der Waals surface area (Å²) in [5, 5.41) is 8.86. The van der Waals surface area contributed by atoms with Gasteiger partial charge in [-0.3, -0.25) is 0 Å². The van der Waals surface area contributed by atoms with E-state index in [1.807, 2.05) is 13.0 Å².